The van der Waals surface area contributed by atoms with Gasteiger partial charge in [0.2, 0.25) is 17.6 Å². The molecule has 0 aliphatic rings. The van der Waals surface area contributed by atoms with Crippen LogP contribution in [0.1, 0.15) is 19.7 Å². The number of rotatable bonds is 5. The van der Waals surface area contributed by atoms with Crippen molar-refractivity contribution < 1.29 is 9.32 Å². The Bertz CT molecular complexity index is 634. The lowest BCUT2D eigenvalue weighted by Gasteiger charge is -2.17. The van der Waals surface area contributed by atoms with Crippen molar-refractivity contribution in [3.05, 3.63) is 35.2 Å². The molecule has 0 aliphatic heterocycles. The van der Waals surface area contributed by atoms with Crippen LogP contribution in [-0.4, -0.2) is 28.1 Å². The Balaban J connectivity index is 1.94. The van der Waals surface area contributed by atoms with Crippen LogP contribution in [0.5, 0.6) is 0 Å². The zero-order valence-electron chi connectivity index (χ0n) is 11.9. The molecule has 2 rings (SSSR count). The highest BCUT2D eigenvalue weighted by Gasteiger charge is 2.21. The monoisotopic (exact) mass is 308 g/mol. The molecule has 7 heteroatoms. The Morgan fingerprint density at radius 1 is 1.48 bits per heavy atom. The van der Waals surface area contributed by atoms with Gasteiger partial charge in [0.15, 0.2) is 0 Å². The number of aromatic nitrogens is 2. The minimum Gasteiger partial charge on any atom is -0.354 e. The quantitative estimate of drug-likeness (QED) is 0.878. The Labute approximate surface area is 127 Å². The van der Waals surface area contributed by atoms with Gasteiger partial charge in [0, 0.05) is 23.6 Å². The lowest BCUT2D eigenvalue weighted by Crippen LogP contribution is -2.49. The van der Waals surface area contributed by atoms with Crippen molar-refractivity contribution in [2.45, 2.75) is 25.8 Å². The first-order valence-electron chi connectivity index (χ1n) is 6.52. The number of carbonyl (C=O) groups is 1. The lowest BCUT2D eigenvalue weighted by atomic mass is 10.1. The molecular weight excluding hydrogens is 292 g/mol. The maximum Gasteiger partial charge on any atom is 0.239 e. The van der Waals surface area contributed by atoms with Gasteiger partial charge in [-0.2, -0.15) is 4.98 Å². The van der Waals surface area contributed by atoms with E-state index in [1.54, 1.807) is 26.0 Å². The molecule has 0 radical (unpaired) electrons. The van der Waals surface area contributed by atoms with E-state index in [1.165, 1.54) is 0 Å². The molecule has 0 saturated carbocycles. The van der Waals surface area contributed by atoms with Gasteiger partial charge in [-0.1, -0.05) is 28.9 Å². The smallest absolute Gasteiger partial charge is 0.239 e. The van der Waals surface area contributed by atoms with E-state index in [0.717, 1.165) is 5.56 Å². The van der Waals surface area contributed by atoms with Crippen LogP contribution in [-0.2, 0) is 11.2 Å². The summed E-state index contributed by atoms with van der Waals surface area (Å²) in [6, 6.07) is 7.20. The molecule has 2 aromatic rings. The minimum atomic E-state index is -0.902. The Morgan fingerprint density at radius 2 is 2.24 bits per heavy atom. The molecule has 0 fully saturated rings. The van der Waals surface area contributed by atoms with Crippen LogP contribution in [0.15, 0.2) is 28.8 Å². The first-order valence-corrected chi connectivity index (χ1v) is 6.90. The first kappa shape index (κ1) is 15.5. The van der Waals surface area contributed by atoms with Crippen LogP contribution in [0.3, 0.4) is 0 Å². The van der Waals surface area contributed by atoms with E-state index in [0.29, 0.717) is 29.7 Å². The van der Waals surface area contributed by atoms with Crippen LogP contribution < -0.4 is 11.1 Å². The van der Waals surface area contributed by atoms with Crippen LogP contribution in [0.2, 0.25) is 5.02 Å². The van der Waals surface area contributed by atoms with Crippen molar-refractivity contribution in [3.63, 3.8) is 0 Å². The third kappa shape index (κ3) is 4.27. The summed E-state index contributed by atoms with van der Waals surface area (Å²) in [4.78, 5) is 15.9. The van der Waals surface area contributed by atoms with Crippen molar-refractivity contribution in [1.29, 1.82) is 0 Å². The number of halogens is 1. The SMILES string of the molecule is CC(C)(N)C(=O)NCCc1nc(-c2cccc(Cl)c2)no1. The van der Waals surface area contributed by atoms with Gasteiger partial charge in [0.05, 0.1) is 5.54 Å². The zero-order chi connectivity index (χ0) is 15.5. The number of carbonyl (C=O) groups excluding carboxylic acids is 1. The molecule has 112 valence electrons. The molecule has 1 aromatic carbocycles. The Morgan fingerprint density at radius 3 is 2.90 bits per heavy atom. The van der Waals surface area contributed by atoms with Crippen molar-refractivity contribution in [2.24, 2.45) is 5.73 Å². The van der Waals surface area contributed by atoms with Gasteiger partial charge in [-0.25, -0.2) is 0 Å². The molecule has 1 heterocycles. The molecule has 0 saturated heterocycles. The maximum absolute atomic E-state index is 11.6. The fraction of sp³-hybridized carbons (Fsp3) is 0.357. The molecule has 1 amide bonds. The van der Waals surface area contributed by atoms with Gasteiger partial charge in [0.1, 0.15) is 0 Å². The average Bonchev–Trinajstić information content (AvgIpc) is 2.86. The second-order valence-corrected chi connectivity index (χ2v) is 5.69. The van der Waals surface area contributed by atoms with E-state index >= 15 is 0 Å². The highest BCUT2D eigenvalue weighted by molar-refractivity contribution is 6.30. The summed E-state index contributed by atoms with van der Waals surface area (Å²) in [7, 11) is 0. The Kier molecular flexibility index (Phi) is 4.59. The number of nitrogens with zero attached hydrogens (tertiary/aromatic N) is 2. The van der Waals surface area contributed by atoms with Gasteiger partial charge >= 0.3 is 0 Å². The predicted octanol–water partition coefficient (Wildman–Crippen LogP) is 1.79. The molecule has 0 bridgehead atoms. The molecule has 3 N–H and O–H groups in total. The Hall–Kier alpha value is -1.92. The number of hydrogen-bond donors (Lipinski definition) is 2. The summed E-state index contributed by atoms with van der Waals surface area (Å²) in [6.07, 6.45) is 0.440. The molecule has 0 spiro atoms. The van der Waals surface area contributed by atoms with Gasteiger partial charge in [-0.15, -0.1) is 0 Å². The standard InChI is InChI=1S/C14H17ClN4O2/c1-14(2,16)13(20)17-7-6-11-18-12(19-21-11)9-4-3-5-10(15)8-9/h3-5,8H,6-7,16H2,1-2H3,(H,17,20). The number of hydrogen-bond acceptors (Lipinski definition) is 5. The summed E-state index contributed by atoms with van der Waals surface area (Å²) in [5, 5.41) is 7.22. The van der Waals surface area contributed by atoms with Crippen LogP contribution >= 0.6 is 11.6 Å². The molecule has 6 nitrogen and oxygen atoms in total. The summed E-state index contributed by atoms with van der Waals surface area (Å²) in [5.41, 5.74) is 5.56. The van der Waals surface area contributed by atoms with Crippen molar-refractivity contribution in [2.75, 3.05) is 6.54 Å². The maximum atomic E-state index is 11.6. The largest absolute Gasteiger partial charge is 0.354 e. The fourth-order valence-electron chi connectivity index (χ4n) is 1.61. The molecule has 0 atom stereocenters. The van der Waals surface area contributed by atoms with Crippen molar-refractivity contribution in [3.8, 4) is 11.4 Å². The molecular formula is C14H17ClN4O2. The second kappa shape index (κ2) is 6.24. The fourth-order valence-corrected chi connectivity index (χ4v) is 1.80. The topological polar surface area (TPSA) is 94.0 Å². The average molecular weight is 309 g/mol. The number of nitrogens with one attached hydrogen (secondary N) is 1. The van der Waals surface area contributed by atoms with E-state index in [-0.39, 0.29) is 5.91 Å². The lowest BCUT2D eigenvalue weighted by molar-refractivity contribution is -0.125. The summed E-state index contributed by atoms with van der Waals surface area (Å²) in [6.45, 7) is 3.68. The minimum absolute atomic E-state index is 0.225. The number of amides is 1. The number of benzene rings is 1. The van der Waals surface area contributed by atoms with Crippen molar-refractivity contribution >= 4 is 17.5 Å². The van der Waals surface area contributed by atoms with Gasteiger partial charge in [-0.05, 0) is 26.0 Å². The summed E-state index contributed by atoms with van der Waals surface area (Å²) in [5.74, 6) is 0.690. The van der Waals surface area contributed by atoms with E-state index in [1.807, 2.05) is 12.1 Å². The first-order chi connectivity index (χ1) is 9.86. The third-order valence-electron chi connectivity index (χ3n) is 2.76. The van der Waals surface area contributed by atoms with E-state index in [2.05, 4.69) is 15.5 Å². The van der Waals surface area contributed by atoms with Gasteiger partial charge in [0.25, 0.3) is 0 Å². The van der Waals surface area contributed by atoms with Gasteiger partial charge in [-0.3, -0.25) is 4.79 Å². The third-order valence-corrected chi connectivity index (χ3v) is 3.00. The second-order valence-electron chi connectivity index (χ2n) is 5.25. The molecule has 21 heavy (non-hydrogen) atoms. The van der Waals surface area contributed by atoms with Crippen molar-refractivity contribution in [1.82, 2.24) is 15.5 Å². The highest BCUT2D eigenvalue weighted by atomic mass is 35.5. The predicted molar refractivity (Wildman–Crippen MR) is 79.7 cm³/mol. The molecule has 0 unspecified atom stereocenters. The molecule has 1 aromatic heterocycles. The molecule has 0 aliphatic carbocycles. The van der Waals surface area contributed by atoms with Gasteiger partial charge < -0.3 is 15.6 Å². The normalized spacial score (nSPS) is 11.4. The number of nitrogens with two attached hydrogens (primary N) is 1. The van der Waals surface area contributed by atoms with Crippen LogP contribution in [0.4, 0.5) is 0 Å². The van der Waals surface area contributed by atoms with E-state index < -0.39 is 5.54 Å². The highest BCUT2D eigenvalue weighted by Crippen LogP contribution is 2.19. The van der Waals surface area contributed by atoms with E-state index in [4.69, 9.17) is 21.9 Å². The summed E-state index contributed by atoms with van der Waals surface area (Å²) >= 11 is 5.92. The van der Waals surface area contributed by atoms with Crippen LogP contribution in [0, 0.1) is 0 Å². The van der Waals surface area contributed by atoms with E-state index in [9.17, 15) is 4.79 Å². The van der Waals surface area contributed by atoms with Crippen LogP contribution in [0.25, 0.3) is 11.4 Å². The zero-order valence-corrected chi connectivity index (χ0v) is 12.6. The summed E-state index contributed by atoms with van der Waals surface area (Å²) < 4.78 is 5.14.